The van der Waals surface area contributed by atoms with Gasteiger partial charge in [-0.3, -0.25) is 4.79 Å². The van der Waals surface area contributed by atoms with Gasteiger partial charge in [0.15, 0.2) is 0 Å². The third-order valence-corrected chi connectivity index (χ3v) is 2.56. The van der Waals surface area contributed by atoms with Gasteiger partial charge in [0.25, 0.3) is 5.56 Å². The molecule has 16 heavy (non-hydrogen) atoms. The minimum atomic E-state index is -0.156. The van der Waals surface area contributed by atoms with Gasteiger partial charge in [-0.1, -0.05) is 18.2 Å². The van der Waals surface area contributed by atoms with Crippen molar-refractivity contribution in [2.75, 3.05) is 7.11 Å². The molecule has 5 nitrogen and oxygen atoms in total. The summed E-state index contributed by atoms with van der Waals surface area (Å²) in [5, 5.41) is 5.63. The molecule has 3 aromatic rings. The Balaban J connectivity index is 2.57. The lowest BCUT2D eigenvalue weighted by atomic mass is 10.2. The maximum Gasteiger partial charge on any atom is 0.259 e. The largest absolute Gasteiger partial charge is 0.400 e. The second-order valence-electron chi connectivity index (χ2n) is 3.48. The molecule has 0 saturated heterocycles. The molecule has 0 amide bonds. The van der Waals surface area contributed by atoms with Crippen LogP contribution in [0.3, 0.4) is 0 Å². The van der Waals surface area contributed by atoms with Gasteiger partial charge in [-0.2, -0.15) is 0 Å². The monoisotopic (exact) mass is 215 g/mol. The summed E-state index contributed by atoms with van der Waals surface area (Å²) in [4.78, 5) is 20.8. The molecule has 0 unspecified atom stereocenters. The first-order chi connectivity index (χ1) is 7.79. The molecule has 0 aliphatic heterocycles. The smallest absolute Gasteiger partial charge is 0.259 e. The van der Waals surface area contributed by atoms with Gasteiger partial charge in [0.05, 0.1) is 17.1 Å². The van der Waals surface area contributed by atoms with Gasteiger partial charge < -0.3 is 9.82 Å². The maximum absolute atomic E-state index is 11.8. The molecule has 0 radical (unpaired) electrons. The number of aromatic amines is 1. The van der Waals surface area contributed by atoms with Crippen molar-refractivity contribution in [3.8, 4) is 0 Å². The number of H-pyrrole nitrogens is 1. The summed E-state index contributed by atoms with van der Waals surface area (Å²) in [6.45, 7) is 0. The summed E-state index contributed by atoms with van der Waals surface area (Å²) in [5.41, 5.74) is 1.28. The molecule has 0 spiro atoms. The molecule has 0 fully saturated rings. The summed E-state index contributed by atoms with van der Waals surface area (Å²) in [6, 6.07) is 7.55. The standard InChI is InChI=1S/C11H9N3O2/c1-16-14-6-8-10(13-14)7-4-2-3-5-9(7)12-11(8)15/h2-6H,1H3,(H,12,15). The second-order valence-corrected chi connectivity index (χ2v) is 3.48. The van der Waals surface area contributed by atoms with Crippen LogP contribution in [0.15, 0.2) is 35.3 Å². The van der Waals surface area contributed by atoms with E-state index in [4.69, 9.17) is 4.84 Å². The van der Waals surface area contributed by atoms with E-state index in [1.807, 2.05) is 24.3 Å². The molecule has 2 aromatic heterocycles. The van der Waals surface area contributed by atoms with E-state index < -0.39 is 0 Å². The van der Waals surface area contributed by atoms with Crippen molar-refractivity contribution >= 4 is 21.8 Å². The Kier molecular flexibility index (Phi) is 1.73. The Morgan fingerprint density at radius 2 is 2.12 bits per heavy atom. The van der Waals surface area contributed by atoms with Gasteiger partial charge in [-0.25, -0.2) is 0 Å². The van der Waals surface area contributed by atoms with Crippen molar-refractivity contribution in [2.45, 2.75) is 0 Å². The number of hydrogen-bond acceptors (Lipinski definition) is 3. The molecule has 1 N–H and O–H groups in total. The minimum Gasteiger partial charge on any atom is -0.400 e. The number of aromatic nitrogens is 3. The van der Waals surface area contributed by atoms with Crippen LogP contribution in [0.5, 0.6) is 0 Å². The zero-order valence-corrected chi connectivity index (χ0v) is 8.60. The number of pyridine rings is 1. The summed E-state index contributed by atoms with van der Waals surface area (Å²) >= 11 is 0. The lowest BCUT2D eigenvalue weighted by molar-refractivity contribution is 0.136. The van der Waals surface area contributed by atoms with E-state index in [1.165, 1.54) is 12.0 Å². The second kappa shape index (κ2) is 3.10. The Morgan fingerprint density at radius 1 is 1.31 bits per heavy atom. The Labute approximate surface area is 90.2 Å². The summed E-state index contributed by atoms with van der Waals surface area (Å²) in [6.07, 6.45) is 1.57. The van der Waals surface area contributed by atoms with Crippen molar-refractivity contribution in [3.05, 3.63) is 40.8 Å². The molecule has 80 valence electrons. The van der Waals surface area contributed by atoms with Gasteiger partial charge >= 0.3 is 0 Å². The minimum absolute atomic E-state index is 0.156. The van der Waals surface area contributed by atoms with E-state index in [0.717, 1.165) is 10.9 Å². The zero-order valence-electron chi connectivity index (χ0n) is 8.60. The Hall–Kier alpha value is -2.30. The van der Waals surface area contributed by atoms with E-state index in [1.54, 1.807) is 6.20 Å². The molecule has 0 aliphatic rings. The van der Waals surface area contributed by atoms with Crippen LogP contribution in [0, 0.1) is 0 Å². The fourth-order valence-corrected chi connectivity index (χ4v) is 1.80. The van der Waals surface area contributed by atoms with Crippen LogP contribution in [0.1, 0.15) is 0 Å². The van der Waals surface area contributed by atoms with Crippen molar-refractivity contribution in [2.24, 2.45) is 0 Å². The number of para-hydroxylation sites is 1. The van der Waals surface area contributed by atoms with Gasteiger partial charge in [0, 0.05) is 5.39 Å². The van der Waals surface area contributed by atoms with Crippen LogP contribution in [0.2, 0.25) is 0 Å². The zero-order chi connectivity index (χ0) is 11.1. The predicted molar refractivity (Wildman–Crippen MR) is 60.4 cm³/mol. The third kappa shape index (κ3) is 1.11. The van der Waals surface area contributed by atoms with E-state index in [2.05, 4.69) is 10.1 Å². The molecule has 0 saturated carbocycles. The first-order valence-corrected chi connectivity index (χ1v) is 4.84. The molecule has 1 aromatic carbocycles. The molecule has 5 heteroatoms. The lowest BCUT2D eigenvalue weighted by Crippen LogP contribution is -2.05. The maximum atomic E-state index is 11.8. The molecular weight excluding hydrogens is 206 g/mol. The average Bonchev–Trinajstić information content (AvgIpc) is 2.74. The highest BCUT2D eigenvalue weighted by molar-refractivity contribution is 6.02. The van der Waals surface area contributed by atoms with E-state index in [0.29, 0.717) is 10.9 Å². The van der Waals surface area contributed by atoms with Crippen LogP contribution in [0.4, 0.5) is 0 Å². The van der Waals surface area contributed by atoms with E-state index >= 15 is 0 Å². The number of fused-ring (bicyclic) bond motifs is 3. The molecule has 0 aliphatic carbocycles. The fourth-order valence-electron chi connectivity index (χ4n) is 1.80. The Morgan fingerprint density at radius 3 is 2.94 bits per heavy atom. The molecule has 3 rings (SSSR count). The number of benzene rings is 1. The fraction of sp³-hybridized carbons (Fsp3) is 0.0909. The molecule has 0 bridgehead atoms. The van der Waals surface area contributed by atoms with Gasteiger partial charge in [0.2, 0.25) is 0 Å². The number of rotatable bonds is 1. The van der Waals surface area contributed by atoms with Gasteiger partial charge in [-0.15, -0.1) is 9.94 Å². The van der Waals surface area contributed by atoms with Crippen LogP contribution in [-0.4, -0.2) is 22.0 Å². The van der Waals surface area contributed by atoms with Gasteiger partial charge in [0.1, 0.15) is 12.6 Å². The van der Waals surface area contributed by atoms with Crippen LogP contribution in [-0.2, 0) is 0 Å². The quantitative estimate of drug-likeness (QED) is 0.657. The highest BCUT2D eigenvalue weighted by atomic mass is 16.7. The normalized spacial score (nSPS) is 11.1. The van der Waals surface area contributed by atoms with Gasteiger partial charge in [-0.05, 0) is 6.07 Å². The molecule has 0 atom stereocenters. The highest BCUT2D eigenvalue weighted by Crippen LogP contribution is 2.18. The summed E-state index contributed by atoms with van der Waals surface area (Å²) in [5.74, 6) is 0. The predicted octanol–water partition coefficient (Wildman–Crippen LogP) is 0.936. The van der Waals surface area contributed by atoms with E-state index in [-0.39, 0.29) is 5.56 Å². The Bertz CT molecular complexity index is 727. The third-order valence-electron chi connectivity index (χ3n) is 2.56. The molecular formula is C11H9N3O2. The number of hydrogen-bond donors (Lipinski definition) is 1. The number of nitrogens with zero attached hydrogens (tertiary/aromatic N) is 2. The first kappa shape index (κ1) is 8.96. The molecule has 2 heterocycles. The topological polar surface area (TPSA) is 59.9 Å². The summed E-state index contributed by atoms with van der Waals surface area (Å²) in [7, 11) is 1.50. The highest BCUT2D eigenvalue weighted by Gasteiger charge is 2.09. The van der Waals surface area contributed by atoms with Crippen LogP contribution >= 0.6 is 0 Å². The van der Waals surface area contributed by atoms with Crippen LogP contribution in [0.25, 0.3) is 21.8 Å². The van der Waals surface area contributed by atoms with Crippen molar-refractivity contribution in [1.82, 2.24) is 14.9 Å². The number of nitrogens with one attached hydrogen (secondary N) is 1. The SMILES string of the molecule is COn1cc2c(=O)[nH]c3ccccc3c2n1. The lowest BCUT2D eigenvalue weighted by Gasteiger charge is -1.96. The average molecular weight is 215 g/mol. The van der Waals surface area contributed by atoms with Crippen molar-refractivity contribution in [1.29, 1.82) is 0 Å². The first-order valence-electron chi connectivity index (χ1n) is 4.84. The van der Waals surface area contributed by atoms with Crippen molar-refractivity contribution < 1.29 is 4.84 Å². The summed E-state index contributed by atoms with van der Waals surface area (Å²) < 4.78 is 0. The van der Waals surface area contributed by atoms with Crippen LogP contribution < -0.4 is 10.4 Å². The van der Waals surface area contributed by atoms with Crippen molar-refractivity contribution in [3.63, 3.8) is 0 Å². The van der Waals surface area contributed by atoms with E-state index in [9.17, 15) is 4.79 Å².